The standard InChI is InChI=1S/C16H23N4O/c21-14-20(16-4-2-1-3-5-16)19-12-10-18(11-13-19)15-6-8-17-9-7-15/h1-2,4-5,14-15,17H,6-13H2. The van der Waals surface area contributed by atoms with Crippen molar-refractivity contribution in [1.29, 1.82) is 0 Å². The summed E-state index contributed by atoms with van der Waals surface area (Å²) in [6, 6.07) is 11.3. The summed E-state index contributed by atoms with van der Waals surface area (Å²) in [4.78, 5) is 14.0. The van der Waals surface area contributed by atoms with E-state index in [4.69, 9.17) is 0 Å². The monoisotopic (exact) mass is 287 g/mol. The molecule has 2 aliphatic heterocycles. The Morgan fingerprint density at radius 3 is 2.62 bits per heavy atom. The van der Waals surface area contributed by atoms with Gasteiger partial charge in [-0.3, -0.25) is 9.69 Å². The summed E-state index contributed by atoms with van der Waals surface area (Å²) in [6.45, 7) is 6.13. The Morgan fingerprint density at radius 2 is 2.00 bits per heavy atom. The average Bonchev–Trinajstić information content (AvgIpc) is 2.58. The van der Waals surface area contributed by atoms with Crippen molar-refractivity contribution >= 4 is 12.1 Å². The zero-order valence-electron chi connectivity index (χ0n) is 12.4. The van der Waals surface area contributed by atoms with E-state index in [9.17, 15) is 4.79 Å². The molecule has 2 fully saturated rings. The highest BCUT2D eigenvalue weighted by Gasteiger charge is 2.27. The van der Waals surface area contributed by atoms with Gasteiger partial charge in [0.05, 0.1) is 5.69 Å². The maximum Gasteiger partial charge on any atom is 0.228 e. The number of nitrogens with zero attached hydrogens (tertiary/aromatic N) is 3. The molecule has 113 valence electrons. The third kappa shape index (κ3) is 3.43. The van der Waals surface area contributed by atoms with Gasteiger partial charge in [-0.05, 0) is 44.1 Å². The first-order chi connectivity index (χ1) is 10.4. The summed E-state index contributed by atoms with van der Waals surface area (Å²) < 4.78 is 0. The summed E-state index contributed by atoms with van der Waals surface area (Å²) in [5, 5.41) is 7.27. The lowest BCUT2D eigenvalue weighted by Gasteiger charge is -2.43. The molecule has 2 heterocycles. The zero-order chi connectivity index (χ0) is 14.5. The molecule has 21 heavy (non-hydrogen) atoms. The minimum atomic E-state index is 0.711. The molecular formula is C16H23N4O. The van der Waals surface area contributed by atoms with Gasteiger partial charge in [-0.1, -0.05) is 12.1 Å². The van der Waals surface area contributed by atoms with Gasteiger partial charge in [-0.2, -0.15) is 0 Å². The number of hydrazine groups is 1. The number of benzene rings is 1. The smallest absolute Gasteiger partial charge is 0.228 e. The van der Waals surface area contributed by atoms with Crippen LogP contribution < -0.4 is 10.3 Å². The van der Waals surface area contributed by atoms with E-state index in [0.717, 1.165) is 51.4 Å². The first kappa shape index (κ1) is 14.5. The fourth-order valence-corrected chi connectivity index (χ4v) is 3.28. The largest absolute Gasteiger partial charge is 0.317 e. The van der Waals surface area contributed by atoms with E-state index in [2.05, 4.69) is 21.3 Å². The van der Waals surface area contributed by atoms with Crippen molar-refractivity contribution in [3.8, 4) is 0 Å². The molecule has 0 bridgehead atoms. The Balaban J connectivity index is 1.58. The number of hydrogen-bond donors (Lipinski definition) is 1. The summed E-state index contributed by atoms with van der Waals surface area (Å²) in [6.07, 6.45) is 3.39. The van der Waals surface area contributed by atoms with Gasteiger partial charge in [0.2, 0.25) is 6.41 Å². The van der Waals surface area contributed by atoms with Crippen molar-refractivity contribution in [2.24, 2.45) is 0 Å². The summed E-state index contributed by atoms with van der Waals surface area (Å²) in [5.74, 6) is 0. The van der Waals surface area contributed by atoms with Crippen molar-refractivity contribution in [2.75, 3.05) is 44.3 Å². The number of anilines is 1. The molecule has 0 aliphatic carbocycles. The highest BCUT2D eigenvalue weighted by Crippen LogP contribution is 2.18. The van der Waals surface area contributed by atoms with Gasteiger partial charge in [-0.25, -0.2) is 10.0 Å². The number of piperazine rings is 1. The molecule has 0 spiro atoms. The SMILES string of the molecule is O=CN(c1c[c]ccc1)N1CCN(C2CCNCC2)CC1. The molecule has 5 nitrogen and oxygen atoms in total. The van der Waals surface area contributed by atoms with Crippen LogP contribution in [0.2, 0.25) is 0 Å². The molecule has 5 heteroatoms. The van der Waals surface area contributed by atoms with E-state index >= 15 is 0 Å². The van der Waals surface area contributed by atoms with Gasteiger partial charge in [0.1, 0.15) is 0 Å². The van der Waals surface area contributed by atoms with Gasteiger partial charge in [0, 0.05) is 32.2 Å². The van der Waals surface area contributed by atoms with Crippen molar-refractivity contribution in [2.45, 2.75) is 18.9 Å². The second-order valence-electron chi connectivity index (χ2n) is 5.68. The average molecular weight is 287 g/mol. The number of hydrogen-bond acceptors (Lipinski definition) is 4. The minimum absolute atomic E-state index is 0.711. The number of carbonyl (C=O) groups is 1. The molecule has 1 aromatic carbocycles. The maximum atomic E-state index is 11.4. The number of rotatable bonds is 4. The Kier molecular flexibility index (Phi) is 4.85. The highest BCUT2D eigenvalue weighted by atomic mass is 16.1. The molecule has 1 amide bonds. The number of nitrogens with one attached hydrogen (secondary N) is 1. The Labute approximate surface area is 126 Å². The molecule has 1 N–H and O–H groups in total. The van der Waals surface area contributed by atoms with Gasteiger partial charge in [-0.15, -0.1) is 0 Å². The summed E-state index contributed by atoms with van der Waals surface area (Å²) in [5.41, 5.74) is 0.891. The molecule has 0 aromatic heterocycles. The van der Waals surface area contributed by atoms with Crippen molar-refractivity contribution in [3.63, 3.8) is 0 Å². The molecule has 0 atom stereocenters. The van der Waals surface area contributed by atoms with Crippen LogP contribution in [0, 0.1) is 6.07 Å². The lowest BCUT2D eigenvalue weighted by atomic mass is 10.0. The van der Waals surface area contributed by atoms with E-state index < -0.39 is 0 Å². The van der Waals surface area contributed by atoms with Crippen LogP contribution in [0.5, 0.6) is 0 Å². The predicted octanol–water partition coefficient (Wildman–Crippen LogP) is 0.734. The topological polar surface area (TPSA) is 38.8 Å². The molecular weight excluding hydrogens is 264 g/mol. The van der Waals surface area contributed by atoms with E-state index in [-0.39, 0.29) is 0 Å². The van der Waals surface area contributed by atoms with Gasteiger partial charge in [0.25, 0.3) is 0 Å². The van der Waals surface area contributed by atoms with Crippen LogP contribution >= 0.6 is 0 Å². The second kappa shape index (κ2) is 7.02. The number of carbonyl (C=O) groups excluding carboxylic acids is 1. The summed E-state index contributed by atoms with van der Waals surface area (Å²) in [7, 11) is 0. The third-order valence-electron chi connectivity index (χ3n) is 4.48. The van der Waals surface area contributed by atoms with Crippen LogP contribution in [0.25, 0.3) is 0 Å². The number of amides is 1. The second-order valence-corrected chi connectivity index (χ2v) is 5.68. The molecule has 0 saturated carbocycles. The normalized spacial score (nSPS) is 22.1. The molecule has 1 radical (unpaired) electrons. The van der Waals surface area contributed by atoms with Crippen molar-refractivity contribution < 1.29 is 4.79 Å². The first-order valence-electron chi connectivity index (χ1n) is 7.79. The molecule has 2 saturated heterocycles. The maximum absolute atomic E-state index is 11.4. The predicted molar refractivity (Wildman–Crippen MR) is 82.9 cm³/mol. The van der Waals surface area contributed by atoms with Crippen LogP contribution in [0.15, 0.2) is 24.3 Å². The van der Waals surface area contributed by atoms with Gasteiger partial charge < -0.3 is 5.32 Å². The molecule has 0 unspecified atom stereocenters. The lowest BCUT2D eigenvalue weighted by molar-refractivity contribution is -0.110. The van der Waals surface area contributed by atoms with Crippen molar-refractivity contribution in [1.82, 2.24) is 15.2 Å². The Bertz CT molecular complexity index is 439. The van der Waals surface area contributed by atoms with E-state index in [1.807, 2.05) is 24.3 Å². The van der Waals surface area contributed by atoms with Crippen LogP contribution in [0.3, 0.4) is 0 Å². The van der Waals surface area contributed by atoms with Crippen LogP contribution in [-0.2, 0) is 4.79 Å². The first-order valence-corrected chi connectivity index (χ1v) is 7.79. The third-order valence-corrected chi connectivity index (χ3v) is 4.48. The Morgan fingerprint density at radius 1 is 1.24 bits per heavy atom. The summed E-state index contributed by atoms with van der Waals surface area (Å²) >= 11 is 0. The van der Waals surface area contributed by atoms with Gasteiger partial charge in [0.15, 0.2) is 0 Å². The lowest BCUT2D eigenvalue weighted by Crippen LogP contribution is -2.57. The van der Waals surface area contributed by atoms with E-state index in [0.29, 0.717) is 6.04 Å². The fourth-order valence-electron chi connectivity index (χ4n) is 3.28. The quantitative estimate of drug-likeness (QED) is 0.829. The highest BCUT2D eigenvalue weighted by molar-refractivity contribution is 5.73. The van der Waals surface area contributed by atoms with Crippen LogP contribution in [-0.4, -0.2) is 61.6 Å². The van der Waals surface area contributed by atoms with Gasteiger partial charge >= 0.3 is 0 Å². The molecule has 1 aromatic rings. The minimum Gasteiger partial charge on any atom is -0.317 e. The van der Waals surface area contributed by atoms with Crippen LogP contribution in [0.1, 0.15) is 12.8 Å². The van der Waals surface area contributed by atoms with Crippen LogP contribution in [0.4, 0.5) is 5.69 Å². The molecule has 3 rings (SSSR count). The number of piperidine rings is 1. The van der Waals surface area contributed by atoms with E-state index in [1.165, 1.54) is 12.8 Å². The molecule has 2 aliphatic rings. The van der Waals surface area contributed by atoms with E-state index in [1.54, 1.807) is 5.01 Å². The fraction of sp³-hybridized carbons (Fsp3) is 0.562. The zero-order valence-corrected chi connectivity index (χ0v) is 12.4. The Hall–Kier alpha value is -1.43. The van der Waals surface area contributed by atoms with Crippen molar-refractivity contribution in [3.05, 3.63) is 30.3 Å².